The van der Waals surface area contributed by atoms with Gasteiger partial charge in [0, 0.05) is 6.61 Å². The highest BCUT2D eigenvalue weighted by Gasteiger charge is 2.29. The molecule has 0 saturated heterocycles. The zero-order chi connectivity index (χ0) is 17.3. The van der Waals surface area contributed by atoms with Crippen molar-refractivity contribution in [2.75, 3.05) is 48.9 Å². The van der Waals surface area contributed by atoms with E-state index < -0.39 is 13.8 Å². The molecule has 8 heteroatoms. The van der Waals surface area contributed by atoms with Gasteiger partial charge in [0.1, 0.15) is 0 Å². The standard InChI is InChI=1S/C14H35N4O3P/c1-10-11-12-19-13(2)20-14(3)21-15-22(16(4)5,17(6)7)18(8)9/h13-14H,10-12H2,1-9H3. The molecule has 0 aliphatic carbocycles. The maximum atomic E-state index is 5.66. The first-order valence-corrected chi connectivity index (χ1v) is 9.36. The molecular weight excluding hydrogens is 303 g/mol. The van der Waals surface area contributed by atoms with Gasteiger partial charge in [0.2, 0.25) is 0 Å². The van der Waals surface area contributed by atoms with E-state index in [9.17, 15) is 0 Å². The fraction of sp³-hybridized carbons (Fsp3) is 1.00. The van der Waals surface area contributed by atoms with E-state index in [0.717, 1.165) is 12.8 Å². The number of ether oxygens (including phenoxy) is 2. The first kappa shape index (κ1) is 22.0. The average molecular weight is 338 g/mol. The lowest BCUT2D eigenvalue weighted by Gasteiger charge is -2.40. The minimum Gasteiger partial charge on any atom is -0.353 e. The minimum atomic E-state index is -2.05. The van der Waals surface area contributed by atoms with E-state index in [0.29, 0.717) is 6.61 Å². The van der Waals surface area contributed by atoms with Gasteiger partial charge in [0.25, 0.3) is 0 Å². The molecule has 0 saturated carbocycles. The van der Waals surface area contributed by atoms with Crippen LogP contribution in [0.1, 0.15) is 33.6 Å². The molecule has 0 N–H and O–H groups in total. The molecule has 0 aromatic heterocycles. The molecule has 2 unspecified atom stereocenters. The highest BCUT2D eigenvalue weighted by molar-refractivity contribution is 7.58. The maximum Gasteiger partial charge on any atom is 0.197 e. The summed E-state index contributed by atoms with van der Waals surface area (Å²) in [6.07, 6.45) is 1.37. The van der Waals surface area contributed by atoms with Crippen molar-refractivity contribution in [2.24, 2.45) is 4.91 Å². The van der Waals surface area contributed by atoms with Crippen molar-refractivity contribution >= 4 is 7.51 Å². The Labute approximate surface area is 136 Å². The Morgan fingerprint density at radius 1 is 0.909 bits per heavy atom. The van der Waals surface area contributed by atoms with Crippen LogP contribution in [0.2, 0.25) is 0 Å². The summed E-state index contributed by atoms with van der Waals surface area (Å²) in [5.41, 5.74) is 0. The van der Waals surface area contributed by atoms with Crippen molar-refractivity contribution in [1.82, 2.24) is 14.0 Å². The third kappa shape index (κ3) is 6.62. The van der Waals surface area contributed by atoms with Gasteiger partial charge in [-0.25, -0.2) is 4.84 Å². The maximum absolute atomic E-state index is 5.66. The second-order valence-corrected chi connectivity index (χ2v) is 9.40. The highest BCUT2D eigenvalue weighted by atomic mass is 31.2. The SMILES string of the molecule is CCCCOC(C)OC(C)ON=P(N(C)C)(N(C)C)N(C)C. The number of unbranched alkanes of at least 4 members (excludes halogenated alkanes) is 1. The van der Waals surface area contributed by atoms with Crippen molar-refractivity contribution in [3.05, 3.63) is 0 Å². The van der Waals surface area contributed by atoms with Crippen molar-refractivity contribution in [2.45, 2.75) is 46.2 Å². The Hall–Kier alpha value is -0.0100. The van der Waals surface area contributed by atoms with Gasteiger partial charge >= 0.3 is 0 Å². The van der Waals surface area contributed by atoms with Gasteiger partial charge in [-0.2, -0.15) is 0 Å². The van der Waals surface area contributed by atoms with E-state index in [1.807, 2.05) is 56.1 Å². The fourth-order valence-corrected chi connectivity index (χ4v) is 4.99. The van der Waals surface area contributed by atoms with Crippen LogP contribution in [0.25, 0.3) is 0 Å². The normalized spacial score (nSPS) is 15.6. The molecule has 22 heavy (non-hydrogen) atoms. The van der Waals surface area contributed by atoms with Crippen LogP contribution < -0.4 is 0 Å². The summed E-state index contributed by atoms with van der Waals surface area (Å²) in [6, 6.07) is 0. The molecular formula is C14H35N4O3P. The molecule has 0 aliphatic heterocycles. The molecule has 0 rings (SSSR count). The molecule has 0 fully saturated rings. The van der Waals surface area contributed by atoms with E-state index >= 15 is 0 Å². The number of rotatable bonds is 11. The molecule has 0 heterocycles. The van der Waals surface area contributed by atoms with Crippen molar-refractivity contribution in [3.8, 4) is 0 Å². The summed E-state index contributed by atoms with van der Waals surface area (Å²) in [7, 11) is 9.96. The summed E-state index contributed by atoms with van der Waals surface area (Å²) in [5, 5.41) is 0. The van der Waals surface area contributed by atoms with Crippen LogP contribution in [-0.2, 0) is 14.3 Å². The summed E-state index contributed by atoms with van der Waals surface area (Å²) >= 11 is 0. The van der Waals surface area contributed by atoms with Crippen LogP contribution in [0.3, 0.4) is 0 Å². The second-order valence-electron chi connectivity index (χ2n) is 5.76. The van der Waals surface area contributed by atoms with Crippen LogP contribution in [0.5, 0.6) is 0 Å². The number of nitrogens with zero attached hydrogens (tertiary/aromatic N) is 4. The summed E-state index contributed by atoms with van der Waals surface area (Å²) in [4.78, 5) is 10.1. The molecule has 0 aromatic rings. The molecule has 0 bridgehead atoms. The Kier molecular flexibility index (Phi) is 10.7. The Morgan fingerprint density at radius 2 is 1.41 bits per heavy atom. The largest absolute Gasteiger partial charge is 0.353 e. The molecule has 0 radical (unpaired) electrons. The van der Waals surface area contributed by atoms with Crippen LogP contribution in [0.4, 0.5) is 0 Å². The molecule has 2 atom stereocenters. The first-order chi connectivity index (χ1) is 10.2. The van der Waals surface area contributed by atoms with Gasteiger partial charge < -0.3 is 9.47 Å². The lowest BCUT2D eigenvalue weighted by Crippen LogP contribution is -2.31. The summed E-state index contributed by atoms with van der Waals surface area (Å²) in [6.45, 7) is 6.54. The monoisotopic (exact) mass is 338 g/mol. The van der Waals surface area contributed by atoms with E-state index in [2.05, 4.69) is 25.8 Å². The Morgan fingerprint density at radius 3 is 1.82 bits per heavy atom. The third-order valence-corrected chi connectivity index (χ3v) is 6.68. The van der Waals surface area contributed by atoms with Crippen LogP contribution in [0, 0.1) is 0 Å². The van der Waals surface area contributed by atoms with Crippen molar-refractivity contribution in [3.63, 3.8) is 0 Å². The highest BCUT2D eigenvalue weighted by Crippen LogP contribution is 2.54. The van der Waals surface area contributed by atoms with Crippen molar-refractivity contribution < 1.29 is 14.3 Å². The Bertz CT molecular complexity index is 322. The van der Waals surface area contributed by atoms with Gasteiger partial charge in [-0.05, 0) is 62.6 Å². The molecule has 0 amide bonds. The fourth-order valence-electron chi connectivity index (χ4n) is 2.15. The molecule has 7 nitrogen and oxygen atoms in total. The predicted molar refractivity (Wildman–Crippen MR) is 92.4 cm³/mol. The van der Waals surface area contributed by atoms with Gasteiger partial charge in [-0.15, -0.1) is 4.91 Å². The molecule has 0 aliphatic rings. The van der Waals surface area contributed by atoms with Crippen LogP contribution >= 0.6 is 7.51 Å². The van der Waals surface area contributed by atoms with E-state index in [-0.39, 0.29) is 6.29 Å². The summed E-state index contributed by atoms with van der Waals surface area (Å²) < 4.78 is 17.5. The molecule has 0 spiro atoms. The van der Waals surface area contributed by atoms with E-state index in [1.54, 1.807) is 0 Å². The lowest BCUT2D eigenvalue weighted by molar-refractivity contribution is -0.231. The lowest BCUT2D eigenvalue weighted by atomic mass is 10.4. The summed E-state index contributed by atoms with van der Waals surface area (Å²) in [5.74, 6) is 0. The Balaban J connectivity index is 4.74. The molecule has 134 valence electrons. The van der Waals surface area contributed by atoms with Gasteiger partial charge in [-0.1, -0.05) is 13.3 Å². The zero-order valence-electron chi connectivity index (χ0n) is 15.7. The van der Waals surface area contributed by atoms with Crippen molar-refractivity contribution in [1.29, 1.82) is 0 Å². The van der Waals surface area contributed by atoms with Gasteiger partial charge in [-0.3, -0.25) is 14.0 Å². The van der Waals surface area contributed by atoms with E-state index in [4.69, 9.17) is 14.3 Å². The van der Waals surface area contributed by atoms with Crippen LogP contribution in [0.15, 0.2) is 4.91 Å². The minimum absolute atomic E-state index is 0.303. The topological polar surface area (TPSA) is 49.8 Å². The number of hydrogen-bond acceptors (Lipinski definition) is 4. The molecule has 0 aromatic carbocycles. The average Bonchev–Trinajstić information content (AvgIpc) is 2.38. The smallest absolute Gasteiger partial charge is 0.197 e. The first-order valence-electron chi connectivity index (χ1n) is 7.76. The third-order valence-electron chi connectivity index (χ3n) is 3.15. The predicted octanol–water partition coefficient (Wildman–Crippen LogP) is 3.07. The number of hydrogen-bond donors (Lipinski definition) is 0. The van der Waals surface area contributed by atoms with Crippen LogP contribution in [-0.4, -0.2) is 75.5 Å². The van der Waals surface area contributed by atoms with E-state index in [1.165, 1.54) is 0 Å². The quantitative estimate of drug-likeness (QED) is 0.250. The van der Waals surface area contributed by atoms with Gasteiger partial charge in [0.05, 0.1) is 0 Å². The zero-order valence-corrected chi connectivity index (χ0v) is 16.6. The second kappa shape index (κ2) is 10.7. The van der Waals surface area contributed by atoms with Gasteiger partial charge in [0.15, 0.2) is 20.1 Å².